The van der Waals surface area contributed by atoms with E-state index in [9.17, 15) is 4.79 Å². The van der Waals surface area contributed by atoms with Crippen molar-refractivity contribution in [3.8, 4) is 0 Å². The van der Waals surface area contributed by atoms with E-state index < -0.39 is 12.1 Å². The van der Waals surface area contributed by atoms with Crippen molar-refractivity contribution >= 4 is 5.97 Å². The second kappa shape index (κ2) is 5.09. The molecule has 0 bridgehead atoms. The van der Waals surface area contributed by atoms with E-state index >= 15 is 0 Å². The van der Waals surface area contributed by atoms with Gasteiger partial charge in [0.1, 0.15) is 0 Å². The highest BCUT2D eigenvalue weighted by molar-refractivity contribution is 5.74. The number of nitrogens with two attached hydrogens (primary N) is 1. The van der Waals surface area contributed by atoms with E-state index in [0.717, 1.165) is 0 Å². The van der Waals surface area contributed by atoms with Crippen molar-refractivity contribution in [2.75, 3.05) is 7.11 Å². The van der Waals surface area contributed by atoms with Crippen LogP contribution in [-0.2, 0) is 14.4 Å². The van der Waals surface area contributed by atoms with Gasteiger partial charge in [-0.2, -0.15) is 0 Å². The topological polar surface area (TPSA) is 61.5 Å². The molecule has 2 N–H and O–H groups in total. The van der Waals surface area contributed by atoms with Crippen LogP contribution >= 0.6 is 0 Å². The van der Waals surface area contributed by atoms with Gasteiger partial charge in [0.25, 0.3) is 0 Å². The van der Waals surface area contributed by atoms with Gasteiger partial charge in [-0.3, -0.25) is 4.84 Å². The van der Waals surface area contributed by atoms with E-state index in [0.29, 0.717) is 12.3 Å². The standard InChI is InChI=1S/C7H15NO3/c1-5(2)4-6(11-8)7(9)10-3/h5-6H,4,8H2,1-3H3. The summed E-state index contributed by atoms with van der Waals surface area (Å²) in [7, 11) is 1.31. The highest BCUT2D eigenvalue weighted by Gasteiger charge is 2.19. The lowest BCUT2D eigenvalue weighted by atomic mass is 10.1. The molecule has 11 heavy (non-hydrogen) atoms. The molecule has 0 aliphatic rings. The van der Waals surface area contributed by atoms with Gasteiger partial charge in [0, 0.05) is 0 Å². The second-order valence-corrected chi connectivity index (χ2v) is 2.78. The highest BCUT2D eigenvalue weighted by atomic mass is 16.6. The van der Waals surface area contributed by atoms with Crippen LogP contribution < -0.4 is 5.90 Å². The fraction of sp³-hybridized carbons (Fsp3) is 0.857. The first-order valence-electron chi connectivity index (χ1n) is 3.55. The molecule has 0 aliphatic carbocycles. The average molecular weight is 161 g/mol. The third kappa shape index (κ3) is 3.95. The molecule has 66 valence electrons. The number of rotatable bonds is 4. The minimum absolute atomic E-state index is 0.364. The Balaban J connectivity index is 3.84. The maximum atomic E-state index is 10.9. The zero-order chi connectivity index (χ0) is 8.85. The van der Waals surface area contributed by atoms with Crippen LogP contribution in [0.2, 0.25) is 0 Å². The van der Waals surface area contributed by atoms with E-state index in [4.69, 9.17) is 5.90 Å². The minimum atomic E-state index is -0.625. The van der Waals surface area contributed by atoms with Crippen LogP contribution in [0.4, 0.5) is 0 Å². The maximum absolute atomic E-state index is 10.9. The first-order valence-corrected chi connectivity index (χ1v) is 3.55. The molecular weight excluding hydrogens is 146 g/mol. The zero-order valence-corrected chi connectivity index (χ0v) is 7.16. The van der Waals surface area contributed by atoms with E-state index in [-0.39, 0.29) is 0 Å². The number of esters is 1. The quantitative estimate of drug-likeness (QED) is 0.480. The molecule has 0 amide bonds. The van der Waals surface area contributed by atoms with Crippen molar-refractivity contribution in [3.05, 3.63) is 0 Å². The monoisotopic (exact) mass is 161 g/mol. The number of ether oxygens (including phenoxy) is 1. The third-order valence-corrected chi connectivity index (χ3v) is 1.31. The Bertz CT molecular complexity index is 125. The molecule has 0 aromatic rings. The van der Waals surface area contributed by atoms with Crippen LogP contribution in [0.1, 0.15) is 20.3 Å². The lowest BCUT2D eigenvalue weighted by Gasteiger charge is -2.13. The van der Waals surface area contributed by atoms with E-state index in [1.54, 1.807) is 0 Å². The lowest BCUT2D eigenvalue weighted by Crippen LogP contribution is -2.29. The van der Waals surface area contributed by atoms with E-state index in [2.05, 4.69) is 9.57 Å². The molecule has 0 rings (SSSR count). The molecule has 4 heteroatoms. The summed E-state index contributed by atoms with van der Waals surface area (Å²) in [6, 6.07) is 0. The molecule has 0 saturated heterocycles. The SMILES string of the molecule is COC(=O)C(CC(C)C)ON. The van der Waals surface area contributed by atoms with Crippen LogP contribution in [0.25, 0.3) is 0 Å². The fourth-order valence-corrected chi connectivity index (χ4v) is 0.767. The van der Waals surface area contributed by atoms with Crippen molar-refractivity contribution < 1.29 is 14.4 Å². The molecule has 0 saturated carbocycles. The smallest absolute Gasteiger partial charge is 0.337 e. The molecule has 0 fully saturated rings. The van der Waals surface area contributed by atoms with Gasteiger partial charge < -0.3 is 4.74 Å². The van der Waals surface area contributed by atoms with E-state index in [1.165, 1.54) is 7.11 Å². The van der Waals surface area contributed by atoms with Crippen molar-refractivity contribution in [1.82, 2.24) is 0 Å². The second-order valence-electron chi connectivity index (χ2n) is 2.78. The Hall–Kier alpha value is -0.610. The van der Waals surface area contributed by atoms with Crippen molar-refractivity contribution in [3.63, 3.8) is 0 Å². The molecule has 1 atom stereocenters. The Morgan fingerprint density at radius 1 is 1.55 bits per heavy atom. The summed E-state index contributed by atoms with van der Waals surface area (Å²) in [5, 5.41) is 0. The van der Waals surface area contributed by atoms with Crippen LogP contribution in [0.5, 0.6) is 0 Å². The van der Waals surface area contributed by atoms with Crippen LogP contribution in [0.3, 0.4) is 0 Å². The molecule has 0 heterocycles. The predicted molar refractivity (Wildman–Crippen MR) is 40.5 cm³/mol. The van der Waals surface area contributed by atoms with Crippen LogP contribution in [0.15, 0.2) is 0 Å². The molecule has 0 aromatic carbocycles. The first-order chi connectivity index (χ1) is 5.11. The van der Waals surface area contributed by atoms with Gasteiger partial charge in [-0.25, -0.2) is 10.7 Å². The molecular formula is C7H15NO3. The van der Waals surface area contributed by atoms with Gasteiger partial charge in [0.2, 0.25) is 0 Å². The summed E-state index contributed by atoms with van der Waals surface area (Å²) in [5.74, 6) is 4.84. The number of hydrogen-bond donors (Lipinski definition) is 1. The summed E-state index contributed by atoms with van der Waals surface area (Å²) in [6.07, 6.45) is -0.0385. The van der Waals surface area contributed by atoms with Crippen molar-refractivity contribution in [1.29, 1.82) is 0 Å². The zero-order valence-electron chi connectivity index (χ0n) is 7.16. The molecule has 4 nitrogen and oxygen atoms in total. The Morgan fingerprint density at radius 2 is 2.09 bits per heavy atom. The van der Waals surface area contributed by atoms with Gasteiger partial charge >= 0.3 is 5.97 Å². The number of hydrogen-bond acceptors (Lipinski definition) is 4. The molecule has 0 radical (unpaired) electrons. The fourth-order valence-electron chi connectivity index (χ4n) is 0.767. The molecule has 0 aliphatic heterocycles. The first kappa shape index (κ1) is 10.4. The normalized spacial score (nSPS) is 13.2. The van der Waals surface area contributed by atoms with Gasteiger partial charge in [0.05, 0.1) is 7.11 Å². The van der Waals surface area contributed by atoms with E-state index in [1.807, 2.05) is 13.8 Å². The average Bonchev–Trinajstić information content (AvgIpc) is 1.98. The summed E-state index contributed by atoms with van der Waals surface area (Å²) >= 11 is 0. The lowest BCUT2D eigenvalue weighted by molar-refractivity contribution is -0.155. The largest absolute Gasteiger partial charge is 0.467 e. The number of carbonyl (C=O) groups excluding carboxylic acids is 1. The summed E-state index contributed by atoms with van der Waals surface area (Å²) in [5.41, 5.74) is 0. The molecule has 0 aromatic heterocycles. The number of methoxy groups -OCH3 is 1. The Kier molecular flexibility index (Phi) is 4.81. The van der Waals surface area contributed by atoms with Gasteiger partial charge in [0.15, 0.2) is 6.10 Å². The Labute approximate surface area is 66.6 Å². The summed E-state index contributed by atoms with van der Waals surface area (Å²) < 4.78 is 4.46. The molecule has 1 unspecified atom stereocenters. The van der Waals surface area contributed by atoms with Gasteiger partial charge in [-0.15, -0.1) is 0 Å². The predicted octanol–water partition coefficient (Wildman–Crippen LogP) is 0.464. The summed E-state index contributed by atoms with van der Waals surface area (Å²) in [6.45, 7) is 3.96. The minimum Gasteiger partial charge on any atom is -0.467 e. The summed E-state index contributed by atoms with van der Waals surface area (Å²) in [4.78, 5) is 15.3. The number of carbonyl (C=O) groups is 1. The third-order valence-electron chi connectivity index (χ3n) is 1.31. The van der Waals surface area contributed by atoms with Gasteiger partial charge in [-0.05, 0) is 12.3 Å². The van der Waals surface area contributed by atoms with Crippen molar-refractivity contribution in [2.24, 2.45) is 11.8 Å². The van der Waals surface area contributed by atoms with Crippen molar-refractivity contribution in [2.45, 2.75) is 26.4 Å². The van der Waals surface area contributed by atoms with Crippen LogP contribution in [-0.4, -0.2) is 19.2 Å². The van der Waals surface area contributed by atoms with Gasteiger partial charge in [-0.1, -0.05) is 13.8 Å². The highest BCUT2D eigenvalue weighted by Crippen LogP contribution is 2.07. The Morgan fingerprint density at radius 3 is 2.36 bits per heavy atom. The maximum Gasteiger partial charge on any atom is 0.337 e. The van der Waals surface area contributed by atoms with Crippen LogP contribution in [0, 0.1) is 5.92 Å². The molecule has 0 spiro atoms.